The Hall–Kier alpha value is -3.67. The first-order chi connectivity index (χ1) is 17.0. The van der Waals surface area contributed by atoms with Crippen LogP contribution in [-0.4, -0.2) is 28.3 Å². The van der Waals surface area contributed by atoms with Gasteiger partial charge in [0, 0.05) is 11.6 Å². The molecule has 1 fully saturated rings. The Morgan fingerprint density at radius 3 is 2.60 bits per heavy atom. The van der Waals surface area contributed by atoms with Gasteiger partial charge in [0.1, 0.15) is 29.2 Å². The number of ketones is 1. The smallest absolute Gasteiger partial charge is 0.231 e. The predicted octanol–water partition coefficient (Wildman–Crippen LogP) is 5.89. The number of rotatable bonds is 6. The third-order valence-electron chi connectivity index (χ3n) is 6.17. The van der Waals surface area contributed by atoms with Crippen molar-refractivity contribution in [3.63, 3.8) is 0 Å². The highest BCUT2D eigenvalue weighted by Crippen LogP contribution is 2.37. The number of halogens is 1. The van der Waals surface area contributed by atoms with Gasteiger partial charge in [-0.1, -0.05) is 48.9 Å². The number of aromatic nitrogens is 2. The van der Waals surface area contributed by atoms with Crippen molar-refractivity contribution in [2.45, 2.75) is 38.1 Å². The number of hydrogen-bond donors (Lipinski definition) is 1. The van der Waals surface area contributed by atoms with Crippen molar-refractivity contribution in [2.75, 3.05) is 6.54 Å². The van der Waals surface area contributed by atoms with E-state index in [9.17, 15) is 14.4 Å². The molecule has 2 aromatic heterocycles. The van der Waals surface area contributed by atoms with Crippen LogP contribution in [0.15, 0.2) is 59.0 Å². The molecule has 6 nitrogen and oxygen atoms in total. The molecule has 0 radical (unpaired) electrons. The van der Waals surface area contributed by atoms with E-state index in [-0.39, 0.29) is 29.3 Å². The number of thiazole rings is 1. The number of aryl methyl sites for hydroxylation is 1. The molecule has 2 unspecified atom stereocenters. The second-order valence-corrected chi connectivity index (χ2v) is 9.73. The quantitative estimate of drug-likeness (QED) is 0.342. The first kappa shape index (κ1) is 23.1. The third kappa shape index (κ3) is 4.65. The summed E-state index contributed by atoms with van der Waals surface area (Å²) in [7, 11) is 0. The number of nitrogens with one attached hydrogen (secondary N) is 1. The molecule has 8 heteroatoms. The summed E-state index contributed by atoms with van der Waals surface area (Å²) in [5.41, 5.74) is 2.21. The van der Waals surface area contributed by atoms with Gasteiger partial charge in [-0.2, -0.15) is 5.26 Å². The van der Waals surface area contributed by atoms with Crippen LogP contribution in [0.1, 0.15) is 52.3 Å². The number of piperidine rings is 1. The second kappa shape index (κ2) is 9.90. The molecule has 1 N–H and O–H groups in total. The Bertz CT molecular complexity index is 1380. The lowest BCUT2D eigenvalue weighted by atomic mass is 9.87. The zero-order valence-electron chi connectivity index (χ0n) is 19.1. The van der Waals surface area contributed by atoms with Gasteiger partial charge in [-0.05, 0) is 44.0 Å². The largest absolute Gasteiger partial charge is 0.429 e. The van der Waals surface area contributed by atoms with Crippen LogP contribution in [-0.2, 0) is 0 Å². The topological polar surface area (TPSA) is 91.8 Å². The maximum absolute atomic E-state index is 14.1. The van der Waals surface area contributed by atoms with Crippen LogP contribution in [0.25, 0.3) is 21.7 Å². The van der Waals surface area contributed by atoms with Crippen molar-refractivity contribution in [1.29, 1.82) is 5.26 Å². The number of benzene rings is 2. The standard InChI is InChI=1S/C27H23FN4O2S/c1-16-31-24(26(35-16)18-10-12-19(28)13-11-18)25(33)22(20-9-5-6-14-30-20)27-32-23(21(15-29)34-27)17-7-3-2-4-8-17/h2-4,7-8,10-13,20,22,30H,5-6,9,14H2,1H3. The van der Waals surface area contributed by atoms with E-state index in [1.165, 1.54) is 23.5 Å². The Morgan fingerprint density at radius 2 is 1.91 bits per heavy atom. The van der Waals surface area contributed by atoms with Crippen molar-refractivity contribution in [1.82, 2.24) is 15.3 Å². The van der Waals surface area contributed by atoms with Gasteiger partial charge in [-0.25, -0.2) is 14.4 Å². The maximum Gasteiger partial charge on any atom is 0.231 e. The molecular weight excluding hydrogens is 463 g/mol. The van der Waals surface area contributed by atoms with E-state index in [4.69, 9.17) is 4.42 Å². The monoisotopic (exact) mass is 486 g/mol. The number of nitrogens with zero attached hydrogens (tertiary/aromatic N) is 3. The van der Waals surface area contributed by atoms with Gasteiger partial charge in [-0.15, -0.1) is 11.3 Å². The highest BCUT2D eigenvalue weighted by atomic mass is 32.1. The van der Waals surface area contributed by atoms with Crippen molar-refractivity contribution >= 4 is 17.1 Å². The minimum atomic E-state index is -0.749. The van der Waals surface area contributed by atoms with Gasteiger partial charge in [0.25, 0.3) is 0 Å². The van der Waals surface area contributed by atoms with Crippen molar-refractivity contribution in [2.24, 2.45) is 0 Å². The molecule has 0 bridgehead atoms. The molecule has 0 saturated carbocycles. The summed E-state index contributed by atoms with van der Waals surface area (Å²) < 4.78 is 19.5. The number of hydrogen-bond acceptors (Lipinski definition) is 7. The minimum Gasteiger partial charge on any atom is -0.429 e. The van der Waals surface area contributed by atoms with E-state index >= 15 is 0 Å². The predicted molar refractivity (Wildman–Crippen MR) is 132 cm³/mol. The average molecular weight is 487 g/mol. The lowest BCUT2D eigenvalue weighted by Crippen LogP contribution is -2.42. The number of carbonyl (C=O) groups excluding carboxylic acids is 1. The van der Waals surface area contributed by atoms with Crippen LogP contribution in [0.2, 0.25) is 0 Å². The Labute approximate surface area is 206 Å². The Kier molecular flexibility index (Phi) is 6.53. The van der Waals surface area contributed by atoms with Crippen LogP contribution in [0.5, 0.6) is 0 Å². The summed E-state index contributed by atoms with van der Waals surface area (Å²) in [5.74, 6) is -1.03. The normalized spacial score (nSPS) is 16.5. The molecule has 176 valence electrons. The fraction of sp³-hybridized carbons (Fsp3) is 0.259. The molecular formula is C27H23FN4O2S. The van der Waals surface area contributed by atoms with Crippen LogP contribution in [0.3, 0.4) is 0 Å². The molecule has 0 amide bonds. The van der Waals surface area contributed by atoms with Crippen molar-refractivity contribution in [3.8, 4) is 27.8 Å². The molecule has 3 heterocycles. The molecule has 2 aromatic carbocycles. The third-order valence-corrected chi connectivity index (χ3v) is 7.19. The number of Topliss-reactive ketones (excluding diaryl/α,β-unsaturated/α-hetero) is 1. The van der Waals surface area contributed by atoms with Crippen LogP contribution in [0, 0.1) is 24.1 Å². The lowest BCUT2D eigenvalue weighted by molar-refractivity contribution is 0.0911. The van der Waals surface area contributed by atoms with E-state index in [1.54, 1.807) is 12.1 Å². The van der Waals surface area contributed by atoms with Gasteiger partial charge in [0.15, 0.2) is 5.78 Å². The summed E-state index contributed by atoms with van der Waals surface area (Å²) in [6, 6.07) is 17.3. The van der Waals surface area contributed by atoms with Crippen LogP contribution in [0.4, 0.5) is 4.39 Å². The maximum atomic E-state index is 14.1. The van der Waals surface area contributed by atoms with E-state index < -0.39 is 5.92 Å². The van der Waals surface area contributed by atoms with Gasteiger partial charge in [0.2, 0.25) is 11.7 Å². The molecule has 4 aromatic rings. The molecule has 1 aliphatic heterocycles. The zero-order chi connectivity index (χ0) is 24.4. The molecule has 35 heavy (non-hydrogen) atoms. The van der Waals surface area contributed by atoms with E-state index in [0.29, 0.717) is 16.3 Å². The summed E-state index contributed by atoms with van der Waals surface area (Å²) in [6.07, 6.45) is 2.77. The SMILES string of the molecule is Cc1nc(C(=O)C(c2nc(-c3ccccc3)c(C#N)o2)C2CCCCN2)c(-c2ccc(F)cc2)s1. The number of carbonyl (C=O) groups is 1. The van der Waals surface area contributed by atoms with Gasteiger partial charge >= 0.3 is 0 Å². The second-order valence-electron chi connectivity index (χ2n) is 8.52. The highest BCUT2D eigenvalue weighted by molar-refractivity contribution is 7.15. The summed E-state index contributed by atoms with van der Waals surface area (Å²) in [4.78, 5) is 24.0. The highest BCUT2D eigenvalue weighted by Gasteiger charge is 2.38. The van der Waals surface area contributed by atoms with E-state index in [2.05, 4.69) is 21.4 Å². The first-order valence-electron chi connectivity index (χ1n) is 11.5. The number of oxazole rings is 1. The average Bonchev–Trinajstić information content (AvgIpc) is 3.49. The minimum absolute atomic E-state index is 0.0769. The van der Waals surface area contributed by atoms with Crippen LogP contribution >= 0.6 is 11.3 Å². The lowest BCUT2D eigenvalue weighted by Gasteiger charge is -2.28. The fourth-order valence-electron chi connectivity index (χ4n) is 4.51. The molecule has 2 atom stereocenters. The van der Waals surface area contributed by atoms with Crippen LogP contribution < -0.4 is 5.32 Å². The summed E-state index contributed by atoms with van der Waals surface area (Å²) in [5, 5.41) is 13.9. The Balaban J connectivity index is 1.61. The van der Waals surface area contributed by atoms with Gasteiger partial charge in [-0.3, -0.25) is 4.79 Å². The summed E-state index contributed by atoms with van der Waals surface area (Å²) in [6.45, 7) is 2.63. The van der Waals surface area contributed by atoms with Gasteiger partial charge in [0.05, 0.1) is 9.88 Å². The van der Waals surface area contributed by atoms with E-state index in [1.807, 2.05) is 37.3 Å². The Morgan fingerprint density at radius 1 is 1.14 bits per heavy atom. The molecule has 5 rings (SSSR count). The first-order valence-corrected chi connectivity index (χ1v) is 12.3. The fourth-order valence-corrected chi connectivity index (χ4v) is 5.43. The van der Waals surface area contributed by atoms with Crippen molar-refractivity contribution < 1.29 is 13.6 Å². The summed E-state index contributed by atoms with van der Waals surface area (Å²) >= 11 is 1.39. The molecule has 1 saturated heterocycles. The zero-order valence-corrected chi connectivity index (χ0v) is 19.9. The van der Waals surface area contributed by atoms with Crippen molar-refractivity contribution in [3.05, 3.63) is 82.8 Å². The molecule has 0 spiro atoms. The van der Waals surface area contributed by atoms with Gasteiger partial charge < -0.3 is 9.73 Å². The van der Waals surface area contributed by atoms with E-state index in [0.717, 1.165) is 41.9 Å². The molecule has 0 aliphatic carbocycles. The molecule has 1 aliphatic rings. The number of nitriles is 1.